The number of nitrogens with one attached hydrogen (secondary N) is 1. The largest absolute Gasteiger partial charge is 0.354 e. The molecule has 2 nitrogen and oxygen atoms in total. The number of aromatic nitrogens is 2. The monoisotopic (exact) mass is 564 g/mol. The Hall–Kier alpha value is -5.25. The van der Waals surface area contributed by atoms with Gasteiger partial charge in [-0.25, -0.2) is 0 Å². The van der Waals surface area contributed by atoms with Gasteiger partial charge in [-0.3, -0.25) is 0 Å². The Balaban J connectivity index is 1.26. The molecular formula is C40H24N2S. The number of H-pyrrole nitrogens is 1. The number of fused-ring (bicyclic) bond motifs is 9. The Kier molecular flexibility index (Phi) is 4.68. The lowest BCUT2D eigenvalue weighted by atomic mass is 9.92. The molecule has 0 amide bonds. The summed E-state index contributed by atoms with van der Waals surface area (Å²) in [4.78, 5) is 6.24. The van der Waals surface area contributed by atoms with Gasteiger partial charge in [0.15, 0.2) is 0 Å². The summed E-state index contributed by atoms with van der Waals surface area (Å²) < 4.78 is 2.42. The molecule has 3 heteroatoms. The maximum Gasteiger partial charge on any atom is 0.0558 e. The lowest BCUT2D eigenvalue weighted by Gasteiger charge is -2.22. The van der Waals surface area contributed by atoms with Crippen LogP contribution >= 0.6 is 11.8 Å². The van der Waals surface area contributed by atoms with Crippen LogP contribution in [0.4, 0.5) is 0 Å². The summed E-state index contributed by atoms with van der Waals surface area (Å²) in [6, 6.07) is 51.1. The van der Waals surface area contributed by atoms with Crippen LogP contribution in [0.15, 0.2) is 149 Å². The summed E-state index contributed by atoms with van der Waals surface area (Å²) in [7, 11) is 0. The molecule has 200 valence electrons. The van der Waals surface area contributed by atoms with Gasteiger partial charge in [0.2, 0.25) is 0 Å². The van der Waals surface area contributed by atoms with Crippen LogP contribution < -0.4 is 0 Å². The number of nitrogens with zero attached hydrogens (tertiary/aromatic N) is 1. The highest BCUT2D eigenvalue weighted by atomic mass is 32.2. The highest BCUT2D eigenvalue weighted by Crippen LogP contribution is 2.52. The second kappa shape index (κ2) is 8.64. The maximum absolute atomic E-state index is 3.62. The van der Waals surface area contributed by atoms with Gasteiger partial charge in [-0.1, -0.05) is 103 Å². The Morgan fingerprint density at radius 1 is 0.442 bits per heavy atom. The van der Waals surface area contributed by atoms with Gasteiger partial charge < -0.3 is 9.55 Å². The van der Waals surface area contributed by atoms with Crippen molar-refractivity contribution in [1.82, 2.24) is 9.55 Å². The normalized spacial score (nSPS) is 12.6. The first-order chi connectivity index (χ1) is 21.3. The molecule has 1 N–H and O–H groups in total. The number of benzene rings is 7. The van der Waals surface area contributed by atoms with Crippen molar-refractivity contribution in [2.75, 3.05) is 0 Å². The van der Waals surface area contributed by atoms with Gasteiger partial charge in [0.25, 0.3) is 0 Å². The number of para-hydroxylation sites is 3. The lowest BCUT2D eigenvalue weighted by Crippen LogP contribution is -1.96. The van der Waals surface area contributed by atoms with E-state index < -0.39 is 0 Å². The molecule has 0 saturated heterocycles. The Labute approximate surface area is 252 Å². The highest BCUT2D eigenvalue weighted by molar-refractivity contribution is 7.99. The first-order valence-electron chi connectivity index (χ1n) is 14.7. The van der Waals surface area contributed by atoms with Crippen molar-refractivity contribution in [1.29, 1.82) is 0 Å². The van der Waals surface area contributed by atoms with Crippen molar-refractivity contribution in [2.45, 2.75) is 9.79 Å². The molecule has 1 aliphatic heterocycles. The molecule has 1 aliphatic rings. The van der Waals surface area contributed by atoms with E-state index in [1.54, 1.807) is 0 Å². The third-order valence-corrected chi connectivity index (χ3v) is 10.2. The van der Waals surface area contributed by atoms with Crippen LogP contribution in [0.1, 0.15) is 0 Å². The number of aromatic amines is 1. The summed E-state index contributed by atoms with van der Waals surface area (Å²) in [6.45, 7) is 0. The third-order valence-electron chi connectivity index (χ3n) is 9.10. The van der Waals surface area contributed by atoms with Gasteiger partial charge in [0.05, 0.1) is 11.0 Å². The molecule has 2 aromatic heterocycles. The van der Waals surface area contributed by atoms with Gasteiger partial charge in [0.1, 0.15) is 0 Å². The lowest BCUT2D eigenvalue weighted by molar-refractivity contribution is 1.18. The zero-order valence-electron chi connectivity index (χ0n) is 23.1. The van der Waals surface area contributed by atoms with E-state index in [1.807, 2.05) is 11.8 Å². The van der Waals surface area contributed by atoms with E-state index in [0.29, 0.717) is 0 Å². The molecule has 0 spiro atoms. The van der Waals surface area contributed by atoms with Gasteiger partial charge >= 0.3 is 0 Å². The van der Waals surface area contributed by atoms with Crippen LogP contribution in [0.3, 0.4) is 0 Å². The summed E-state index contributed by atoms with van der Waals surface area (Å²) >= 11 is 1.90. The van der Waals surface area contributed by atoms with E-state index in [9.17, 15) is 0 Å². The Bertz CT molecular complexity index is 2590. The summed E-state index contributed by atoms with van der Waals surface area (Å²) in [5.74, 6) is 0. The molecular weight excluding hydrogens is 541 g/mol. The topological polar surface area (TPSA) is 20.7 Å². The van der Waals surface area contributed by atoms with Crippen LogP contribution in [0.2, 0.25) is 0 Å². The smallest absolute Gasteiger partial charge is 0.0558 e. The second-order valence-corrected chi connectivity index (χ2v) is 12.5. The van der Waals surface area contributed by atoms with E-state index >= 15 is 0 Å². The average Bonchev–Trinajstić information content (AvgIpc) is 3.61. The summed E-state index contributed by atoms with van der Waals surface area (Å²) in [5, 5.41) is 7.84. The van der Waals surface area contributed by atoms with Crippen molar-refractivity contribution < 1.29 is 0 Å². The fraction of sp³-hybridized carbons (Fsp3) is 0. The molecule has 0 radical (unpaired) electrons. The molecule has 0 atom stereocenters. The van der Waals surface area contributed by atoms with Crippen molar-refractivity contribution in [2.24, 2.45) is 0 Å². The van der Waals surface area contributed by atoms with E-state index in [-0.39, 0.29) is 0 Å². The second-order valence-electron chi connectivity index (χ2n) is 11.4. The average molecular weight is 565 g/mol. The highest BCUT2D eigenvalue weighted by Gasteiger charge is 2.24. The van der Waals surface area contributed by atoms with Gasteiger partial charge in [-0.2, -0.15) is 0 Å². The molecule has 0 aliphatic carbocycles. The zero-order chi connectivity index (χ0) is 28.1. The molecule has 0 bridgehead atoms. The van der Waals surface area contributed by atoms with Crippen molar-refractivity contribution in [3.05, 3.63) is 140 Å². The minimum atomic E-state index is 1.18. The van der Waals surface area contributed by atoms with Gasteiger partial charge in [-0.05, 0) is 76.2 Å². The fourth-order valence-electron chi connectivity index (χ4n) is 7.32. The number of hydrogen-bond donors (Lipinski definition) is 1. The van der Waals surface area contributed by atoms with Gasteiger partial charge in [0, 0.05) is 53.4 Å². The van der Waals surface area contributed by atoms with E-state index in [1.165, 1.54) is 92.1 Å². The van der Waals surface area contributed by atoms with Crippen molar-refractivity contribution >= 4 is 66.1 Å². The first-order valence-corrected chi connectivity index (χ1v) is 15.5. The number of rotatable bonds is 2. The third kappa shape index (κ3) is 3.20. The van der Waals surface area contributed by atoms with Crippen LogP contribution in [0, 0.1) is 0 Å². The minimum Gasteiger partial charge on any atom is -0.354 e. The van der Waals surface area contributed by atoms with Crippen LogP contribution in [0.25, 0.3) is 82.3 Å². The Morgan fingerprint density at radius 3 is 2.12 bits per heavy atom. The van der Waals surface area contributed by atoms with Gasteiger partial charge in [-0.15, -0.1) is 0 Å². The van der Waals surface area contributed by atoms with Crippen LogP contribution in [0.5, 0.6) is 0 Å². The van der Waals surface area contributed by atoms with E-state index in [0.717, 1.165) is 0 Å². The van der Waals surface area contributed by atoms with E-state index in [4.69, 9.17) is 0 Å². The maximum atomic E-state index is 3.62. The van der Waals surface area contributed by atoms with E-state index in [2.05, 4.69) is 149 Å². The Morgan fingerprint density at radius 2 is 1.19 bits per heavy atom. The molecule has 0 fully saturated rings. The molecule has 0 unspecified atom stereocenters. The first kappa shape index (κ1) is 23.3. The molecule has 9 aromatic rings. The van der Waals surface area contributed by atoms with Crippen molar-refractivity contribution in [3.63, 3.8) is 0 Å². The standard InChI is InChI=1S/C40H24N2S/c1-2-10-25(11-3-1)42-34-19-7-5-13-29(34)39-30-16-8-15-27-31-22-24(20-21-36(31)43-37(40(27)30)23-35(39)42)26-14-9-18-33-38(26)28-12-4-6-17-32(28)41-33/h1-23,41H. The molecule has 0 saturated carbocycles. The fourth-order valence-corrected chi connectivity index (χ4v) is 8.46. The quantitative estimate of drug-likeness (QED) is 0.221. The van der Waals surface area contributed by atoms with Crippen molar-refractivity contribution in [3.8, 4) is 27.9 Å². The molecule has 7 aromatic carbocycles. The molecule has 10 rings (SSSR count). The SMILES string of the molecule is c1ccc(-n2c3ccccc3c3c4cccc5c4c(cc32)Sc2ccc(-c3cccc4[nH]c6ccccc6c34)cc2-5)cc1. The summed E-state index contributed by atoms with van der Waals surface area (Å²) in [5.41, 5.74) is 11.2. The molecule has 3 heterocycles. The zero-order valence-corrected chi connectivity index (χ0v) is 24.0. The molecule has 43 heavy (non-hydrogen) atoms. The van der Waals surface area contributed by atoms with Crippen LogP contribution in [-0.2, 0) is 0 Å². The predicted octanol–water partition coefficient (Wildman–Crippen LogP) is 11.4. The number of hydrogen-bond acceptors (Lipinski definition) is 1. The predicted molar refractivity (Wildman–Crippen MR) is 183 cm³/mol. The summed E-state index contributed by atoms with van der Waals surface area (Å²) in [6.07, 6.45) is 0. The minimum absolute atomic E-state index is 1.18. The van der Waals surface area contributed by atoms with Crippen LogP contribution in [-0.4, -0.2) is 9.55 Å².